The predicted molar refractivity (Wildman–Crippen MR) is 91.9 cm³/mol. The minimum atomic E-state index is -1.75. The van der Waals surface area contributed by atoms with Crippen LogP contribution < -0.4 is 4.90 Å². The molecule has 1 aromatic carbocycles. The van der Waals surface area contributed by atoms with Crippen molar-refractivity contribution < 1.29 is 19.2 Å². The molecule has 0 amide bonds. The van der Waals surface area contributed by atoms with Crippen LogP contribution in [0.15, 0.2) is 54.6 Å². The second kappa shape index (κ2) is 4.72. The maximum Gasteiger partial charge on any atom is 0.175 e. The van der Waals surface area contributed by atoms with Gasteiger partial charge in [0, 0.05) is 19.8 Å². The monoisotopic (exact) mass is 333 g/mol. The van der Waals surface area contributed by atoms with Crippen molar-refractivity contribution in [1.82, 2.24) is 0 Å². The highest BCUT2D eigenvalue weighted by Gasteiger charge is 2.75. The van der Waals surface area contributed by atoms with E-state index in [1.165, 1.54) is 6.08 Å². The van der Waals surface area contributed by atoms with Crippen molar-refractivity contribution in [3.8, 4) is 0 Å². The number of allylic oxidation sites excluding steroid dienone is 6. The maximum atomic E-state index is 12.8. The molecule has 0 bridgehead atoms. The van der Waals surface area contributed by atoms with Gasteiger partial charge in [-0.05, 0) is 47.6 Å². The van der Waals surface area contributed by atoms with Crippen LogP contribution in [0.4, 0.5) is 5.69 Å². The van der Waals surface area contributed by atoms with Gasteiger partial charge in [0.05, 0.1) is 0 Å². The zero-order valence-corrected chi connectivity index (χ0v) is 13.8. The van der Waals surface area contributed by atoms with E-state index in [-0.39, 0.29) is 0 Å². The third kappa shape index (κ3) is 1.58. The second-order valence-corrected chi connectivity index (χ2v) is 6.68. The minimum Gasteiger partial charge on any atom is -0.378 e. The summed E-state index contributed by atoms with van der Waals surface area (Å²) in [6, 6.07) is 7.32. The average Bonchev–Trinajstić information content (AvgIpc) is 2.56. The van der Waals surface area contributed by atoms with Gasteiger partial charge in [0.25, 0.3) is 0 Å². The van der Waals surface area contributed by atoms with E-state index in [0.29, 0.717) is 11.1 Å². The fraction of sp³-hybridized carbons (Fsp3) is 0.200. The van der Waals surface area contributed by atoms with Crippen LogP contribution in [0.5, 0.6) is 0 Å². The van der Waals surface area contributed by atoms with Crippen LogP contribution in [-0.2, 0) is 19.2 Å². The molecule has 0 saturated heterocycles. The third-order valence-electron chi connectivity index (χ3n) is 5.34. The summed E-state index contributed by atoms with van der Waals surface area (Å²) >= 11 is 0. The lowest BCUT2D eigenvalue weighted by molar-refractivity contribution is -0.154. The molecular weight excluding hydrogens is 318 g/mol. The molecule has 25 heavy (non-hydrogen) atoms. The molecule has 0 saturated carbocycles. The molecule has 0 unspecified atom stereocenters. The molecule has 3 aliphatic carbocycles. The van der Waals surface area contributed by atoms with Crippen molar-refractivity contribution >= 4 is 34.4 Å². The summed E-state index contributed by atoms with van der Waals surface area (Å²) in [5.41, 5.74) is -1.40. The van der Waals surface area contributed by atoms with Crippen LogP contribution >= 0.6 is 0 Å². The van der Waals surface area contributed by atoms with Gasteiger partial charge >= 0.3 is 0 Å². The standard InChI is InChI=1S/C20H15NO4/c1-21(2)13-5-3-12(4-6-13)14-11-19-15(22)7-9-17(24)20(14,19)18(25)10-8-16(19)23/h3-11H,1-2H3. The van der Waals surface area contributed by atoms with Crippen LogP contribution in [-0.4, -0.2) is 37.2 Å². The van der Waals surface area contributed by atoms with Crippen molar-refractivity contribution in [1.29, 1.82) is 0 Å². The second-order valence-electron chi connectivity index (χ2n) is 6.68. The summed E-state index contributed by atoms with van der Waals surface area (Å²) in [5, 5.41) is 0. The van der Waals surface area contributed by atoms with E-state index in [9.17, 15) is 19.2 Å². The lowest BCUT2D eigenvalue weighted by Crippen LogP contribution is -2.67. The number of rotatable bonds is 2. The molecule has 5 heteroatoms. The van der Waals surface area contributed by atoms with E-state index in [0.717, 1.165) is 30.0 Å². The van der Waals surface area contributed by atoms with E-state index in [4.69, 9.17) is 0 Å². The van der Waals surface area contributed by atoms with Gasteiger partial charge in [0.1, 0.15) is 10.8 Å². The number of hydrogen-bond acceptors (Lipinski definition) is 5. The first-order chi connectivity index (χ1) is 11.9. The minimum absolute atomic E-state index is 0.434. The Hall–Kier alpha value is -3.08. The Bertz CT molecular complexity index is 906. The summed E-state index contributed by atoms with van der Waals surface area (Å²) < 4.78 is 0. The SMILES string of the molecule is CN(C)c1ccc(C2=CC34C(=O)C=CC(=O)C23C(=O)C=CC4=O)cc1. The molecule has 0 N–H and O–H groups in total. The molecular formula is C20H15NO4. The summed E-state index contributed by atoms with van der Waals surface area (Å²) in [4.78, 5) is 52.5. The fourth-order valence-corrected chi connectivity index (χ4v) is 4.03. The van der Waals surface area contributed by atoms with Gasteiger partial charge in [-0.2, -0.15) is 0 Å². The van der Waals surface area contributed by atoms with E-state index in [1.54, 1.807) is 12.1 Å². The van der Waals surface area contributed by atoms with Crippen molar-refractivity contribution in [2.75, 3.05) is 19.0 Å². The highest BCUT2D eigenvalue weighted by atomic mass is 16.2. The van der Waals surface area contributed by atoms with E-state index >= 15 is 0 Å². The van der Waals surface area contributed by atoms with Gasteiger partial charge in [-0.3, -0.25) is 19.2 Å². The molecule has 4 rings (SSSR count). The van der Waals surface area contributed by atoms with E-state index < -0.39 is 34.0 Å². The molecule has 1 aromatic rings. The van der Waals surface area contributed by atoms with Gasteiger partial charge in [-0.25, -0.2) is 0 Å². The van der Waals surface area contributed by atoms with Crippen LogP contribution in [0, 0.1) is 10.8 Å². The number of carbonyl (C=O) groups is 4. The number of ketones is 4. The number of nitrogens with zero attached hydrogens (tertiary/aromatic N) is 1. The first-order valence-electron chi connectivity index (χ1n) is 7.90. The molecule has 0 fully saturated rings. The Morgan fingerprint density at radius 3 is 1.68 bits per heavy atom. The van der Waals surface area contributed by atoms with Gasteiger partial charge in [-0.15, -0.1) is 0 Å². The largest absolute Gasteiger partial charge is 0.378 e. The Labute approximate surface area is 144 Å². The van der Waals surface area contributed by atoms with Crippen molar-refractivity contribution in [2.24, 2.45) is 10.8 Å². The summed E-state index contributed by atoms with van der Waals surface area (Å²) in [5.74, 6) is -2.04. The van der Waals surface area contributed by atoms with Crippen LogP contribution in [0.2, 0.25) is 0 Å². The molecule has 0 spiro atoms. The fourth-order valence-electron chi connectivity index (χ4n) is 4.03. The Morgan fingerprint density at radius 2 is 1.20 bits per heavy atom. The zero-order valence-electron chi connectivity index (χ0n) is 13.8. The predicted octanol–water partition coefficient (Wildman–Crippen LogP) is 1.54. The number of hydrogen-bond donors (Lipinski definition) is 0. The number of anilines is 1. The smallest absolute Gasteiger partial charge is 0.175 e. The van der Waals surface area contributed by atoms with Crippen LogP contribution in [0.1, 0.15) is 5.56 Å². The average molecular weight is 333 g/mol. The Morgan fingerprint density at radius 1 is 0.720 bits per heavy atom. The first kappa shape index (κ1) is 15.4. The lowest BCUT2D eigenvalue weighted by Gasteiger charge is -2.54. The van der Waals surface area contributed by atoms with E-state index in [1.807, 2.05) is 31.1 Å². The Balaban J connectivity index is 1.94. The highest BCUT2D eigenvalue weighted by Crippen LogP contribution is 2.64. The summed E-state index contributed by atoms with van der Waals surface area (Å²) in [6.45, 7) is 0. The van der Waals surface area contributed by atoms with Crippen molar-refractivity contribution in [3.63, 3.8) is 0 Å². The van der Waals surface area contributed by atoms with Crippen molar-refractivity contribution in [2.45, 2.75) is 0 Å². The molecule has 5 nitrogen and oxygen atoms in total. The molecule has 3 aliphatic rings. The lowest BCUT2D eigenvalue weighted by atomic mass is 9.40. The summed E-state index contributed by atoms with van der Waals surface area (Å²) in [6.07, 6.45) is 5.93. The normalized spacial score (nSPS) is 29.8. The van der Waals surface area contributed by atoms with Gasteiger partial charge in [0.2, 0.25) is 0 Å². The molecule has 0 aliphatic heterocycles. The summed E-state index contributed by atoms with van der Waals surface area (Å²) in [7, 11) is 3.81. The zero-order chi connectivity index (χ0) is 18.0. The number of benzene rings is 1. The molecule has 0 atom stereocenters. The molecule has 0 heterocycles. The first-order valence-corrected chi connectivity index (χ1v) is 7.90. The van der Waals surface area contributed by atoms with Gasteiger partial charge in [0.15, 0.2) is 23.1 Å². The van der Waals surface area contributed by atoms with Crippen LogP contribution in [0.3, 0.4) is 0 Å². The van der Waals surface area contributed by atoms with Crippen molar-refractivity contribution in [3.05, 3.63) is 60.2 Å². The third-order valence-corrected chi connectivity index (χ3v) is 5.34. The number of carbonyl (C=O) groups excluding carboxylic acids is 4. The Kier molecular flexibility index (Phi) is 2.92. The molecule has 124 valence electrons. The molecule has 0 aromatic heterocycles. The highest BCUT2D eigenvalue weighted by molar-refractivity contribution is 6.42. The molecule has 0 radical (unpaired) electrons. The van der Waals surface area contributed by atoms with Crippen LogP contribution in [0.25, 0.3) is 5.57 Å². The van der Waals surface area contributed by atoms with E-state index in [2.05, 4.69) is 0 Å². The maximum absolute atomic E-state index is 12.8. The van der Waals surface area contributed by atoms with Gasteiger partial charge < -0.3 is 4.90 Å². The topological polar surface area (TPSA) is 71.5 Å². The van der Waals surface area contributed by atoms with Gasteiger partial charge in [-0.1, -0.05) is 18.2 Å². The quantitative estimate of drug-likeness (QED) is 0.768.